The number of ketones is 1. The number of carbonyl (C=O) groups is 1. The standard InChI is InChI=1S/C27H32BrFN4O4/c1-7-36-21-13-17-14-33(26(32-28)22(17)23(29)25(21)37-8-2)15-20(34)16-11-18(27(3,4)5)24(35-6)19(12-16)31-10-9-30/h11-13,31H,7-8,10,14-15H2,1-6H3/b32-26-. The monoisotopic (exact) mass is 574 g/mol. The summed E-state index contributed by atoms with van der Waals surface area (Å²) in [6.45, 7) is 10.6. The first-order valence-electron chi connectivity index (χ1n) is 12.0. The molecule has 8 nitrogen and oxygen atoms in total. The van der Waals surface area contributed by atoms with E-state index < -0.39 is 5.82 Å². The third-order valence-electron chi connectivity index (χ3n) is 5.94. The van der Waals surface area contributed by atoms with Crippen LogP contribution in [-0.2, 0) is 12.0 Å². The molecule has 1 aliphatic rings. The van der Waals surface area contributed by atoms with Gasteiger partial charge in [0.1, 0.15) is 18.1 Å². The number of benzene rings is 2. The number of hydrogen-bond donors (Lipinski definition) is 1. The summed E-state index contributed by atoms with van der Waals surface area (Å²) in [7, 11) is 1.56. The van der Waals surface area contributed by atoms with Gasteiger partial charge in [0.2, 0.25) is 0 Å². The number of nitriles is 1. The number of nitrogens with one attached hydrogen (secondary N) is 1. The number of ether oxygens (including phenoxy) is 3. The largest absolute Gasteiger partial charge is 0.494 e. The van der Waals surface area contributed by atoms with Crippen molar-refractivity contribution in [3.05, 3.63) is 46.3 Å². The first-order valence-corrected chi connectivity index (χ1v) is 12.7. The average Bonchev–Trinajstić information content (AvgIpc) is 3.20. The lowest BCUT2D eigenvalue weighted by Gasteiger charge is -2.25. The van der Waals surface area contributed by atoms with Crippen molar-refractivity contribution in [2.75, 3.05) is 38.7 Å². The molecule has 0 aromatic heterocycles. The Morgan fingerprint density at radius 3 is 2.49 bits per heavy atom. The summed E-state index contributed by atoms with van der Waals surface area (Å²) < 4.78 is 36.5. The molecular formula is C27H32BrFN4O4. The second-order valence-electron chi connectivity index (χ2n) is 9.47. The zero-order valence-corrected chi connectivity index (χ0v) is 23.6. The molecule has 0 amide bonds. The molecule has 0 fully saturated rings. The molecule has 10 heteroatoms. The van der Waals surface area contributed by atoms with E-state index in [4.69, 9.17) is 19.5 Å². The van der Waals surface area contributed by atoms with E-state index in [1.807, 2.05) is 33.8 Å². The van der Waals surface area contributed by atoms with Gasteiger partial charge >= 0.3 is 0 Å². The number of nitrogens with zero attached hydrogens (tertiary/aromatic N) is 3. The van der Waals surface area contributed by atoms with E-state index in [2.05, 4.69) is 31.6 Å². The SMILES string of the molecule is CCOc1cc2c(c(F)c1OCC)/C(=N/Br)N(CC(=O)c1cc(NCC#N)c(OC)c(C(C)(C)C)c1)C2. The van der Waals surface area contributed by atoms with Crippen molar-refractivity contribution in [2.45, 2.75) is 46.6 Å². The van der Waals surface area contributed by atoms with Gasteiger partial charge in [-0.05, 0) is 43.0 Å². The van der Waals surface area contributed by atoms with Gasteiger partial charge in [-0.3, -0.25) is 4.79 Å². The molecule has 2 aromatic rings. The zero-order chi connectivity index (χ0) is 27.3. The van der Waals surface area contributed by atoms with Gasteiger partial charge in [0.15, 0.2) is 23.1 Å². The van der Waals surface area contributed by atoms with Crippen molar-refractivity contribution in [3.63, 3.8) is 0 Å². The molecule has 3 rings (SSSR count). The van der Waals surface area contributed by atoms with E-state index in [0.29, 0.717) is 40.8 Å². The van der Waals surface area contributed by atoms with Crippen LogP contribution in [0.5, 0.6) is 17.2 Å². The lowest BCUT2D eigenvalue weighted by Crippen LogP contribution is -2.31. The number of fused-ring (bicyclic) bond motifs is 1. The van der Waals surface area contributed by atoms with Crippen LogP contribution in [0.3, 0.4) is 0 Å². The van der Waals surface area contributed by atoms with E-state index in [1.54, 1.807) is 31.1 Å². The highest BCUT2D eigenvalue weighted by molar-refractivity contribution is 9.08. The number of hydrogen-bond acceptors (Lipinski definition) is 7. The lowest BCUT2D eigenvalue weighted by atomic mass is 9.84. The maximum absolute atomic E-state index is 15.6. The van der Waals surface area contributed by atoms with Crippen molar-refractivity contribution in [1.29, 1.82) is 5.26 Å². The maximum Gasteiger partial charge on any atom is 0.197 e. The first kappa shape index (κ1) is 28.3. The number of methoxy groups -OCH3 is 1. The van der Waals surface area contributed by atoms with Crippen LogP contribution in [0.15, 0.2) is 22.2 Å². The van der Waals surface area contributed by atoms with Crippen molar-refractivity contribution in [3.8, 4) is 23.3 Å². The molecule has 2 aromatic carbocycles. The van der Waals surface area contributed by atoms with E-state index in [0.717, 1.165) is 5.56 Å². The minimum atomic E-state index is -0.571. The van der Waals surface area contributed by atoms with Gasteiger partial charge in [-0.25, -0.2) is 4.39 Å². The molecule has 1 aliphatic heterocycles. The van der Waals surface area contributed by atoms with Crippen molar-refractivity contribution < 1.29 is 23.4 Å². The highest BCUT2D eigenvalue weighted by Crippen LogP contribution is 2.41. The minimum absolute atomic E-state index is 0.0307. The van der Waals surface area contributed by atoms with Crippen LogP contribution in [0.25, 0.3) is 0 Å². The fourth-order valence-corrected chi connectivity index (χ4v) is 4.73. The Hall–Kier alpha value is -3.32. The fourth-order valence-electron chi connectivity index (χ4n) is 4.33. The lowest BCUT2D eigenvalue weighted by molar-refractivity contribution is 0.0963. The number of rotatable bonds is 10. The number of Topliss-reactive ketones (excluding diaryl/α,β-unsaturated/α-hetero) is 1. The number of carbonyl (C=O) groups excluding carboxylic acids is 1. The van der Waals surface area contributed by atoms with Crippen LogP contribution in [-0.4, -0.2) is 49.9 Å². The van der Waals surface area contributed by atoms with Gasteiger partial charge in [0.25, 0.3) is 0 Å². The summed E-state index contributed by atoms with van der Waals surface area (Å²) in [6.07, 6.45) is 0. The minimum Gasteiger partial charge on any atom is -0.494 e. The summed E-state index contributed by atoms with van der Waals surface area (Å²) in [5.41, 5.74) is 2.43. The molecule has 0 unspecified atom stereocenters. The van der Waals surface area contributed by atoms with Crippen LogP contribution in [0.1, 0.15) is 61.7 Å². The summed E-state index contributed by atoms with van der Waals surface area (Å²) in [6, 6.07) is 7.29. The Labute approximate surface area is 225 Å². The van der Waals surface area contributed by atoms with Crippen LogP contribution < -0.4 is 19.5 Å². The highest BCUT2D eigenvalue weighted by Gasteiger charge is 2.34. The highest BCUT2D eigenvalue weighted by atomic mass is 79.9. The number of halogens is 2. The Morgan fingerprint density at radius 2 is 1.92 bits per heavy atom. The van der Waals surface area contributed by atoms with Gasteiger partial charge in [0.05, 0.1) is 60.3 Å². The quantitative estimate of drug-likeness (QED) is 0.290. The molecule has 198 valence electrons. The van der Waals surface area contributed by atoms with Gasteiger partial charge in [0, 0.05) is 17.7 Å². The number of amidine groups is 1. The fraction of sp³-hybridized carbons (Fsp3) is 0.444. The molecule has 1 N–H and O–H groups in total. The zero-order valence-electron chi connectivity index (χ0n) is 22.0. The van der Waals surface area contributed by atoms with Crippen molar-refractivity contribution in [1.82, 2.24) is 4.90 Å². The van der Waals surface area contributed by atoms with E-state index in [1.165, 1.54) is 0 Å². The molecule has 0 spiro atoms. The molecule has 37 heavy (non-hydrogen) atoms. The Morgan fingerprint density at radius 1 is 1.22 bits per heavy atom. The average molecular weight is 575 g/mol. The van der Waals surface area contributed by atoms with Gasteiger partial charge < -0.3 is 24.4 Å². The molecule has 0 radical (unpaired) electrons. The van der Waals surface area contributed by atoms with Crippen LogP contribution in [0, 0.1) is 17.1 Å². The van der Waals surface area contributed by atoms with Gasteiger partial charge in [-0.2, -0.15) is 9.28 Å². The predicted molar refractivity (Wildman–Crippen MR) is 145 cm³/mol. The first-order chi connectivity index (χ1) is 17.6. The second kappa shape index (κ2) is 11.8. The summed E-state index contributed by atoms with van der Waals surface area (Å²) in [4.78, 5) is 15.3. The molecule has 0 atom stereocenters. The molecule has 0 bridgehead atoms. The third kappa shape index (κ3) is 5.82. The smallest absolute Gasteiger partial charge is 0.197 e. The van der Waals surface area contributed by atoms with E-state index >= 15 is 4.39 Å². The molecule has 0 aliphatic carbocycles. The maximum atomic E-state index is 15.6. The van der Waals surface area contributed by atoms with Gasteiger partial charge in [-0.15, -0.1) is 0 Å². The van der Waals surface area contributed by atoms with Crippen LogP contribution in [0.4, 0.5) is 10.1 Å². The Kier molecular flexibility index (Phi) is 9.02. The Balaban J connectivity index is 2.00. The number of anilines is 1. The molecule has 0 saturated heterocycles. The van der Waals surface area contributed by atoms with E-state index in [9.17, 15) is 4.79 Å². The summed E-state index contributed by atoms with van der Waals surface area (Å²) in [5, 5.41) is 12.1. The molecular weight excluding hydrogens is 543 g/mol. The second-order valence-corrected chi connectivity index (χ2v) is 9.83. The third-order valence-corrected chi connectivity index (χ3v) is 6.27. The van der Waals surface area contributed by atoms with Crippen molar-refractivity contribution in [2.24, 2.45) is 4.02 Å². The normalized spacial score (nSPS) is 13.8. The van der Waals surface area contributed by atoms with Gasteiger partial charge in [-0.1, -0.05) is 20.8 Å². The van der Waals surface area contributed by atoms with E-state index in [-0.39, 0.29) is 48.8 Å². The van der Waals surface area contributed by atoms with Crippen molar-refractivity contribution >= 4 is 33.5 Å². The summed E-state index contributed by atoms with van der Waals surface area (Å²) in [5.74, 6) is 0.481. The molecule has 0 saturated carbocycles. The van der Waals surface area contributed by atoms with Crippen LogP contribution in [0.2, 0.25) is 0 Å². The predicted octanol–water partition coefficient (Wildman–Crippen LogP) is 5.62. The van der Waals surface area contributed by atoms with Crippen LogP contribution >= 0.6 is 16.1 Å². The Bertz CT molecular complexity index is 1250. The topological polar surface area (TPSA) is 96.2 Å². The summed E-state index contributed by atoms with van der Waals surface area (Å²) >= 11 is 3.12. The molecule has 1 heterocycles.